The molecule has 1 N–H and O–H groups in total. The van der Waals surface area contributed by atoms with E-state index in [0.29, 0.717) is 29.1 Å². The molecule has 0 spiro atoms. The second kappa shape index (κ2) is 7.23. The highest BCUT2D eigenvalue weighted by Crippen LogP contribution is 2.24. The van der Waals surface area contributed by atoms with E-state index in [1.807, 2.05) is 30.3 Å². The van der Waals surface area contributed by atoms with Crippen LogP contribution < -0.4 is 0 Å². The number of carbonyl (C=O) groups is 1. The minimum Gasteiger partial charge on any atom is -0.478 e. The zero-order valence-electron chi connectivity index (χ0n) is 13.1. The molecule has 0 aliphatic carbocycles. The van der Waals surface area contributed by atoms with Crippen molar-refractivity contribution >= 4 is 17.9 Å². The standard InChI is InChI=1S/C19H13N3O3/c20-12-16-17(25-22-18(16)13-4-2-1-3-5-13)10-11-21-15-8-6-14(7-9-15)19(23)24/h1-9,11H,10H2,(H,23,24). The SMILES string of the molecule is N#Cc1c(-c2ccccc2)noc1CC=Nc1ccc(C(=O)O)cc1. The number of rotatable bonds is 5. The van der Waals surface area contributed by atoms with Crippen molar-refractivity contribution in [2.75, 3.05) is 0 Å². The molecule has 0 saturated carbocycles. The number of benzene rings is 2. The Balaban J connectivity index is 1.76. The van der Waals surface area contributed by atoms with E-state index in [1.165, 1.54) is 12.1 Å². The molecular weight excluding hydrogens is 318 g/mol. The van der Waals surface area contributed by atoms with Gasteiger partial charge in [0.05, 0.1) is 11.3 Å². The molecule has 3 aromatic rings. The molecule has 3 rings (SSSR count). The monoisotopic (exact) mass is 331 g/mol. The number of carboxylic acids is 1. The van der Waals surface area contributed by atoms with Crippen molar-refractivity contribution in [2.24, 2.45) is 4.99 Å². The summed E-state index contributed by atoms with van der Waals surface area (Å²) in [6.07, 6.45) is 1.91. The van der Waals surface area contributed by atoms with Crippen LogP contribution in [0, 0.1) is 11.3 Å². The fraction of sp³-hybridized carbons (Fsp3) is 0.0526. The van der Waals surface area contributed by atoms with Gasteiger partial charge in [-0.25, -0.2) is 4.79 Å². The Bertz CT molecular complexity index is 952. The number of hydrogen-bond donors (Lipinski definition) is 1. The maximum Gasteiger partial charge on any atom is 0.335 e. The second-order valence-electron chi connectivity index (χ2n) is 5.18. The zero-order valence-corrected chi connectivity index (χ0v) is 13.1. The topological polar surface area (TPSA) is 99.5 Å². The van der Waals surface area contributed by atoms with Gasteiger partial charge < -0.3 is 9.63 Å². The van der Waals surface area contributed by atoms with Crippen molar-refractivity contribution in [2.45, 2.75) is 6.42 Å². The van der Waals surface area contributed by atoms with E-state index in [-0.39, 0.29) is 5.56 Å². The summed E-state index contributed by atoms with van der Waals surface area (Å²) >= 11 is 0. The van der Waals surface area contributed by atoms with E-state index in [4.69, 9.17) is 9.63 Å². The summed E-state index contributed by atoms with van der Waals surface area (Å²) in [5, 5.41) is 22.3. The molecule has 0 aliphatic rings. The first-order valence-corrected chi connectivity index (χ1v) is 7.49. The molecule has 6 heteroatoms. The van der Waals surface area contributed by atoms with Crippen LogP contribution >= 0.6 is 0 Å². The van der Waals surface area contributed by atoms with Crippen molar-refractivity contribution in [1.82, 2.24) is 5.16 Å². The Morgan fingerprint density at radius 3 is 2.56 bits per heavy atom. The summed E-state index contributed by atoms with van der Waals surface area (Å²) in [6, 6.07) is 17.7. The molecule has 0 amide bonds. The molecule has 0 fully saturated rings. The predicted octanol–water partition coefficient (Wildman–Crippen LogP) is 3.86. The zero-order chi connectivity index (χ0) is 17.6. The second-order valence-corrected chi connectivity index (χ2v) is 5.18. The van der Waals surface area contributed by atoms with Gasteiger partial charge in [-0.1, -0.05) is 35.5 Å². The molecule has 25 heavy (non-hydrogen) atoms. The Morgan fingerprint density at radius 2 is 1.92 bits per heavy atom. The highest BCUT2D eigenvalue weighted by atomic mass is 16.5. The number of carboxylic acid groups (broad SMARTS) is 1. The van der Waals surface area contributed by atoms with E-state index in [1.54, 1.807) is 18.3 Å². The number of aliphatic imine (C=N–C) groups is 1. The van der Waals surface area contributed by atoms with Crippen LogP contribution in [0.5, 0.6) is 0 Å². The number of hydrogen-bond acceptors (Lipinski definition) is 5. The molecule has 0 bridgehead atoms. The molecule has 0 atom stereocenters. The maximum absolute atomic E-state index is 10.8. The van der Waals surface area contributed by atoms with Gasteiger partial charge >= 0.3 is 5.97 Å². The Labute approximate surface area is 143 Å². The van der Waals surface area contributed by atoms with Gasteiger partial charge in [0.15, 0.2) is 5.76 Å². The van der Waals surface area contributed by atoms with Crippen LogP contribution in [-0.2, 0) is 6.42 Å². The lowest BCUT2D eigenvalue weighted by atomic mass is 10.1. The summed E-state index contributed by atoms with van der Waals surface area (Å²) in [4.78, 5) is 15.1. The molecule has 1 aromatic heterocycles. The third kappa shape index (κ3) is 3.62. The van der Waals surface area contributed by atoms with E-state index in [9.17, 15) is 10.1 Å². The molecule has 0 saturated heterocycles. The molecular formula is C19H13N3O3. The minimum atomic E-state index is -0.982. The van der Waals surface area contributed by atoms with Gasteiger partial charge in [-0.3, -0.25) is 4.99 Å². The highest BCUT2D eigenvalue weighted by molar-refractivity contribution is 5.88. The first kappa shape index (κ1) is 16.1. The van der Waals surface area contributed by atoms with Crippen LogP contribution in [-0.4, -0.2) is 22.4 Å². The van der Waals surface area contributed by atoms with Gasteiger partial charge in [-0.05, 0) is 24.3 Å². The molecule has 1 heterocycles. The number of aromatic carboxylic acids is 1. The van der Waals surface area contributed by atoms with Gasteiger partial charge in [0, 0.05) is 18.2 Å². The van der Waals surface area contributed by atoms with Crippen LogP contribution in [0.2, 0.25) is 0 Å². The first-order chi connectivity index (χ1) is 12.2. The third-order valence-electron chi connectivity index (χ3n) is 3.55. The quantitative estimate of drug-likeness (QED) is 0.716. The van der Waals surface area contributed by atoms with Crippen LogP contribution in [0.15, 0.2) is 64.1 Å². The van der Waals surface area contributed by atoms with Crippen LogP contribution in [0.3, 0.4) is 0 Å². The molecule has 0 radical (unpaired) electrons. The molecule has 0 aliphatic heterocycles. The highest BCUT2D eigenvalue weighted by Gasteiger charge is 2.16. The average molecular weight is 331 g/mol. The number of aromatic nitrogens is 1. The maximum atomic E-state index is 10.8. The molecule has 0 unspecified atom stereocenters. The van der Waals surface area contributed by atoms with E-state index >= 15 is 0 Å². The van der Waals surface area contributed by atoms with Gasteiger partial charge in [0.1, 0.15) is 17.3 Å². The summed E-state index contributed by atoms with van der Waals surface area (Å²) in [5.41, 5.74) is 2.53. The molecule has 122 valence electrons. The van der Waals surface area contributed by atoms with Crippen molar-refractivity contribution in [3.05, 3.63) is 71.5 Å². The summed E-state index contributed by atoms with van der Waals surface area (Å²) in [7, 11) is 0. The van der Waals surface area contributed by atoms with Gasteiger partial charge in [-0.15, -0.1) is 0 Å². The molecule has 2 aromatic carbocycles. The lowest BCUT2D eigenvalue weighted by molar-refractivity contribution is 0.0697. The predicted molar refractivity (Wildman–Crippen MR) is 91.9 cm³/mol. The van der Waals surface area contributed by atoms with Crippen molar-refractivity contribution in [3.8, 4) is 17.3 Å². The van der Waals surface area contributed by atoms with Gasteiger partial charge in [-0.2, -0.15) is 5.26 Å². The van der Waals surface area contributed by atoms with Crippen molar-refractivity contribution in [3.63, 3.8) is 0 Å². The normalized spacial score (nSPS) is 10.7. The smallest absolute Gasteiger partial charge is 0.335 e. The fourth-order valence-electron chi connectivity index (χ4n) is 2.30. The van der Waals surface area contributed by atoms with Crippen LogP contribution in [0.4, 0.5) is 5.69 Å². The van der Waals surface area contributed by atoms with Crippen LogP contribution in [0.25, 0.3) is 11.3 Å². The van der Waals surface area contributed by atoms with E-state index < -0.39 is 5.97 Å². The Hall–Kier alpha value is -3.72. The third-order valence-corrected chi connectivity index (χ3v) is 3.55. The molecule has 6 nitrogen and oxygen atoms in total. The average Bonchev–Trinajstić information content (AvgIpc) is 3.06. The Kier molecular flexibility index (Phi) is 4.67. The van der Waals surface area contributed by atoms with Gasteiger partial charge in [0.25, 0.3) is 0 Å². The minimum absolute atomic E-state index is 0.202. The van der Waals surface area contributed by atoms with Crippen LogP contribution in [0.1, 0.15) is 21.7 Å². The van der Waals surface area contributed by atoms with E-state index in [0.717, 1.165) is 5.56 Å². The van der Waals surface area contributed by atoms with Gasteiger partial charge in [0.2, 0.25) is 0 Å². The summed E-state index contributed by atoms with van der Waals surface area (Å²) in [5.74, 6) is -0.545. The first-order valence-electron chi connectivity index (χ1n) is 7.49. The fourth-order valence-corrected chi connectivity index (χ4v) is 2.30. The Morgan fingerprint density at radius 1 is 1.20 bits per heavy atom. The van der Waals surface area contributed by atoms with Crippen molar-refractivity contribution in [1.29, 1.82) is 5.26 Å². The van der Waals surface area contributed by atoms with Crippen molar-refractivity contribution < 1.29 is 14.4 Å². The lowest BCUT2D eigenvalue weighted by Gasteiger charge is -1.96. The largest absolute Gasteiger partial charge is 0.478 e. The van der Waals surface area contributed by atoms with E-state index in [2.05, 4.69) is 16.2 Å². The lowest BCUT2D eigenvalue weighted by Crippen LogP contribution is -1.94. The number of nitriles is 1. The number of nitrogens with zero attached hydrogens (tertiary/aromatic N) is 3. The summed E-state index contributed by atoms with van der Waals surface area (Å²) < 4.78 is 5.29. The summed E-state index contributed by atoms with van der Waals surface area (Å²) in [6.45, 7) is 0.